The minimum absolute atomic E-state index is 0.138. The summed E-state index contributed by atoms with van der Waals surface area (Å²) in [6.07, 6.45) is 2.21. The molecule has 2 aromatic rings. The maximum absolute atomic E-state index is 14.4. The van der Waals surface area contributed by atoms with E-state index in [0.717, 1.165) is 18.9 Å². The van der Waals surface area contributed by atoms with Gasteiger partial charge in [-0.15, -0.1) is 0 Å². The molecular weight excluding hydrogens is 403 g/mol. The topological polar surface area (TPSA) is 56.8 Å². The molecule has 164 valence electrons. The highest BCUT2D eigenvalue weighted by molar-refractivity contribution is 6.62. The zero-order valence-electron chi connectivity index (χ0n) is 18.1. The number of rotatable bonds is 6. The number of halogens is 2. The average Bonchev–Trinajstić information content (AvgIpc) is 3.47. The number of amides is 1. The van der Waals surface area contributed by atoms with Crippen LogP contribution in [-0.2, 0) is 9.31 Å². The summed E-state index contributed by atoms with van der Waals surface area (Å²) in [5.74, 6) is -1.33. The van der Waals surface area contributed by atoms with Crippen molar-refractivity contribution in [3.05, 3.63) is 53.6 Å². The molecule has 1 saturated carbocycles. The highest BCUT2D eigenvalue weighted by atomic mass is 19.1. The first kappa shape index (κ1) is 21.8. The number of hydrogen-bond acceptors (Lipinski definition) is 4. The zero-order chi connectivity index (χ0) is 22.4. The number of nitrogens with one attached hydrogen (secondary N) is 1. The van der Waals surface area contributed by atoms with Gasteiger partial charge in [0, 0.05) is 11.8 Å². The summed E-state index contributed by atoms with van der Waals surface area (Å²) in [6, 6.07) is 8.28. The van der Waals surface area contributed by atoms with Gasteiger partial charge < -0.3 is 19.4 Å². The smallest absolute Gasteiger partial charge is 0.490 e. The Kier molecular flexibility index (Phi) is 5.56. The van der Waals surface area contributed by atoms with Crippen LogP contribution in [0.15, 0.2) is 36.4 Å². The molecule has 0 radical (unpaired) electrons. The molecule has 0 unspecified atom stereocenters. The lowest BCUT2D eigenvalue weighted by molar-refractivity contribution is 0.00578. The molecule has 0 bridgehead atoms. The van der Waals surface area contributed by atoms with Crippen molar-refractivity contribution in [2.45, 2.75) is 51.7 Å². The van der Waals surface area contributed by atoms with E-state index in [1.165, 1.54) is 30.3 Å². The summed E-state index contributed by atoms with van der Waals surface area (Å²) >= 11 is 0. The van der Waals surface area contributed by atoms with E-state index in [2.05, 4.69) is 5.32 Å². The summed E-state index contributed by atoms with van der Waals surface area (Å²) in [5.41, 5.74) is -0.562. The molecule has 0 spiro atoms. The molecule has 0 atom stereocenters. The largest absolute Gasteiger partial charge is 0.494 e. The van der Waals surface area contributed by atoms with Crippen molar-refractivity contribution in [3.8, 4) is 5.75 Å². The molecule has 1 N–H and O–H groups in total. The quantitative estimate of drug-likeness (QED) is 0.696. The van der Waals surface area contributed by atoms with Gasteiger partial charge in [0.05, 0.1) is 23.4 Å². The van der Waals surface area contributed by atoms with Gasteiger partial charge in [-0.25, -0.2) is 8.78 Å². The van der Waals surface area contributed by atoms with E-state index in [0.29, 0.717) is 18.0 Å². The fourth-order valence-electron chi connectivity index (χ4n) is 3.23. The predicted molar refractivity (Wildman–Crippen MR) is 115 cm³/mol. The maximum Gasteiger partial charge on any atom is 0.494 e. The third-order valence-corrected chi connectivity index (χ3v) is 6.12. The lowest BCUT2D eigenvalue weighted by Gasteiger charge is -2.32. The SMILES string of the molecule is CC1(C)OB(c2ccc(F)c(C(=O)Nc3ccc(OCC4CC4)c(F)c3)c2)OC1(C)C. The molecule has 2 aromatic carbocycles. The molecule has 1 amide bonds. The Hall–Kier alpha value is -2.45. The van der Waals surface area contributed by atoms with E-state index >= 15 is 0 Å². The number of hydrogen-bond donors (Lipinski definition) is 1. The number of anilines is 1. The highest BCUT2D eigenvalue weighted by Crippen LogP contribution is 2.36. The second-order valence-electron chi connectivity index (χ2n) is 9.18. The third-order valence-electron chi connectivity index (χ3n) is 6.12. The van der Waals surface area contributed by atoms with Crippen molar-refractivity contribution >= 4 is 24.2 Å². The summed E-state index contributed by atoms with van der Waals surface area (Å²) in [6.45, 7) is 8.14. The van der Waals surface area contributed by atoms with Gasteiger partial charge in [-0.2, -0.15) is 0 Å². The molecule has 1 heterocycles. The van der Waals surface area contributed by atoms with Gasteiger partial charge in [0.2, 0.25) is 0 Å². The lowest BCUT2D eigenvalue weighted by atomic mass is 9.78. The van der Waals surface area contributed by atoms with E-state index in [-0.39, 0.29) is 17.0 Å². The van der Waals surface area contributed by atoms with Gasteiger partial charge in [0.1, 0.15) is 5.82 Å². The van der Waals surface area contributed by atoms with E-state index in [1.54, 1.807) is 0 Å². The van der Waals surface area contributed by atoms with Crippen LogP contribution in [0.3, 0.4) is 0 Å². The van der Waals surface area contributed by atoms with E-state index in [9.17, 15) is 13.6 Å². The van der Waals surface area contributed by atoms with Crippen LogP contribution in [-0.4, -0.2) is 30.8 Å². The molecule has 5 nitrogen and oxygen atoms in total. The second kappa shape index (κ2) is 7.91. The summed E-state index contributed by atoms with van der Waals surface area (Å²) < 4.78 is 46.1. The molecule has 1 aliphatic carbocycles. The van der Waals surface area contributed by atoms with Crippen molar-refractivity contribution in [2.24, 2.45) is 5.92 Å². The Morgan fingerprint density at radius 3 is 2.35 bits per heavy atom. The van der Waals surface area contributed by atoms with E-state index in [4.69, 9.17) is 14.0 Å². The van der Waals surface area contributed by atoms with Crippen LogP contribution in [0.2, 0.25) is 0 Å². The Balaban J connectivity index is 1.48. The average molecular weight is 429 g/mol. The number of carbonyl (C=O) groups is 1. The molecule has 4 rings (SSSR count). The van der Waals surface area contributed by atoms with Crippen molar-refractivity contribution in [2.75, 3.05) is 11.9 Å². The fourth-order valence-corrected chi connectivity index (χ4v) is 3.23. The fraction of sp³-hybridized carbons (Fsp3) is 0.435. The first-order valence-electron chi connectivity index (χ1n) is 10.4. The number of benzene rings is 2. The Morgan fingerprint density at radius 1 is 1.06 bits per heavy atom. The minimum atomic E-state index is -0.725. The van der Waals surface area contributed by atoms with E-state index < -0.39 is 35.9 Å². The molecule has 0 aromatic heterocycles. The van der Waals surface area contributed by atoms with Gasteiger partial charge >= 0.3 is 7.12 Å². The molecule has 2 aliphatic rings. The number of carbonyl (C=O) groups excluding carboxylic acids is 1. The normalized spacial score (nSPS) is 19.4. The molecule has 1 aliphatic heterocycles. The molecule has 2 fully saturated rings. The minimum Gasteiger partial charge on any atom is -0.490 e. The van der Waals surface area contributed by atoms with Crippen LogP contribution in [0, 0.1) is 17.6 Å². The Labute approximate surface area is 181 Å². The molecular formula is C23H26BF2NO4. The standard InChI is InChI=1S/C23H26BF2NO4/c1-22(2)23(3,4)31-24(30-22)15-7-9-18(25)17(11-15)21(28)27-16-8-10-20(19(26)12-16)29-13-14-5-6-14/h7-12,14H,5-6,13H2,1-4H3,(H,27,28). The second-order valence-corrected chi connectivity index (χ2v) is 9.18. The third kappa shape index (κ3) is 4.60. The molecule has 31 heavy (non-hydrogen) atoms. The van der Waals surface area contributed by atoms with Crippen LogP contribution in [0.5, 0.6) is 5.75 Å². The van der Waals surface area contributed by atoms with Gasteiger partial charge in [-0.3, -0.25) is 4.79 Å². The Morgan fingerprint density at radius 2 is 1.74 bits per heavy atom. The zero-order valence-corrected chi connectivity index (χ0v) is 18.1. The van der Waals surface area contributed by atoms with Crippen LogP contribution in [0.1, 0.15) is 50.9 Å². The van der Waals surface area contributed by atoms with Gasteiger partial charge in [-0.05, 0) is 76.2 Å². The molecule has 8 heteroatoms. The van der Waals surface area contributed by atoms with E-state index in [1.807, 2.05) is 27.7 Å². The first-order chi connectivity index (χ1) is 14.6. The maximum atomic E-state index is 14.4. The first-order valence-corrected chi connectivity index (χ1v) is 10.4. The van der Waals surface area contributed by atoms with Crippen molar-refractivity contribution in [3.63, 3.8) is 0 Å². The van der Waals surface area contributed by atoms with Crippen molar-refractivity contribution in [1.29, 1.82) is 0 Å². The van der Waals surface area contributed by atoms with Gasteiger partial charge in [0.25, 0.3) is 5.91 Å². The van der Waals surface area contributed by atoms with Crippen LogP contribution >= 0.6 is 0 Å². The molecule has 1 saturated heterocycles. The monoisotopic (exact) mass is 429 g/mol. The summed E-state index contributed by atoms with van der Waals surface area (Å²) in [7, 11) is -0.725. The van der Waals surface area contributed by atoms with Crippen LogP contribution in [0.25, 0.3) is 0 Å². The summed E-state index contributed by atoms with van der Waals surface area (Å²) in [5, 5.41) is 2.54. The van der Waals surface area contributed by atoms with Crippen molar-refractivity contribution in [1.82, 2.24) is 0 Å². The highest BCUT2D eigenvalue weighted by Gasteiger charge is 2.51. The Bertz CT molecular complexity index is 991. The van der Waals surface area contributed by atoms with Gasteiger partial charge in [0.15, 0.2) is 11.6 Å². The summed E-state index contributed by atoms with van der Waals surface area (Å²) in [4.78, 5) is 12.7. The van der Waals surface area contributed by atoms with Crippen molar-refractivity contribution < 1.29 is 27.6 Å². The predicted octanol–water partition coefficient (Wildman–Crippen LogP) is 4.31. The lowest BCUT2D eigenvalue weighted by Crippen LogP contribution is -2.41. The van der Waals surface area contributed by atoms with Gasteiger partial charge in [-0.1, -0.05) is 6.07 Å². The van der Waals surface area contributed by atoms with Crippen LogP contribution in [0.4, 0.5) is 14.5 Å². The van der Waals surface area contributed by atoms with Crippen LogP contribution < -0.4 is 15.5 Å². The number of ether oxygens (including phenoxy) is 1.